The Morgan fingerprint density at radius 1 is 1.21 bits per heavy atom. The Bertz CT molecular complexity index is 979. The van der Waals surface area contributed by atoms with Crippen LogP contribution in [0.1, 0.15) is 28.4 Å². The predicted octanol–water partition coefficient (Wildman–Crippen LogP) is 4.29. The zero-order valence-electron chi connectivity index (χ0n) is 15.8. The molecule has 0 aliphatic heterocycles. The molecule has 0 aliphatic carbocycles. The van der Waals surface area contributed by atoms with E-state index in [-0.39, 0.29) is 11.0 Å². The van der Waals surface area contributed by atoms with Crippen LogP contribution in [0.15, 0.2) is 53.9 Å². The van der Waals surface area contributed by atoms with Crippen LogP contribution in [0.2, 0.25) is 5.02 Å². The molecule has 2 aromatic carbocycles. The zero-order chi connectivity index (χ0) is 20.8. The highest BCUT2D eigenvalue weighted by molar-refractivity contribution is 7.11. The van der Waals surface area contributed by atoms with Crippen molar-refractivity contribution >= 4 is 34.6 Å². The molecule has 8 heteroatoms. The van der Waals surface area contributed by atoms with Crippen LogP contribution in [-0.4, -0.2) is 40.3 Å². The first kappa shape index (κ1) is 21.3. The lowest BCUT2D eigenvalue weighted by atomic mass is 10.1. The molecule has 4 N–H and O–H groups in total. The van der Waals surface area contributed by atoms with Gasteiger partial charge in [0.15, 0.2) is 0 Å². The van der Waals surface area contributed by atoms with Crippen molar-refractivity contribution in [3.63, 3.8) is 0 Å². The number of hydrogen-bond donors (Lipinski definition) is 4. The van der Waals surface area contributed by atoms with Gasteiger partial charge in [0.2, 0.25) is 5.01 Å². The molecule has 152 valence electrons. The molecule has 0 saturated carbocycles. The third-order valence-corrected chi connectivity index (χ3v) is 5.42. The molecule has 2 atom stereocenters. The Kier molecular flexibility index (Phi) is 7.22. The minimum Gasteiger partial charge on any atom is -0.476 e. The lowest BCUT2D eigenvalue weighted by Gasteiger charge is -2.19. The second-order valence-corrected chi connectivity index (χ2v) is 7.98. The average molecular weight is 432 g/mol. The third-order valence-electron chi connectivity index (χ3n) is 4.35. The number of benzene rings is 2. The fraction of sp³-hybridized carbons (Fsp3) is 0.238. The van der Waals surface area contributed by atoms with E-state index in [0.717, 1.165) is 28.2 Å². The van der Waals surface area contributed by atoms with Crippen LogP contribution in [0.4, 0.5) is 5.69 Å². The van der Waals surface area contributed by atoms with Crippen LogP contribution in [0.25, 0.3) is 11.3 Å². The molecule has 1 heterocycles. The van der Waals surface area contributed by atoms with E-state index in [1.54, 1.807) is 17.5 Å². The number of rotatable bonds is 9. The summed E-state index contributed by atoms with van der Waals surface area (Å²) >= 11 is 7.08. The van der Waals surface area contributed by atoms with Crippen molar-refractivity contribution in [3.8, 4) is 11.3 Å². The molecule has 3 aromatic rings. The van der Waals surface area contributed by atoms with Crippen molar-refractivity contribution in [2.75, 3.05) is 18.4 Å². The molecule has 0 bridgehead atoms. The van der Waals surface area contributed by atoms with Crippen LogP contribution in [-0.2, 0) is 0 Å². The lowest BCUT2D eigenvalue weighted by Crippen LogP contribution is -2.35. The van der Waals surface area contributed by atoms with E-state index < -0.39 is 12.1 Å². The number of carboxylic acids is 1. The number of hydrogen-bond acceptors (Lipinski definition) is 6. The van der Waals surface area contributed by atoms with Crippen LogP contribution < -0.4 is 10.6 Å². The van der Waals surface area contributed by atoms with Gasteiger partial charge in [-0.1, -0.05) is 35.9 Å². The van der Waals surface area contributed by atoms with Crippen molar-refractivity contribution in [1.82, 2.24) is 10.3 Å². The maximum atomic E-state index is 11.0. The molecule has 3 rings (SSSR count). The third kappa shape index (κ3) is 6.01. The first-order valence-electron chi connectivity index (χ1n) is 9.12. The summed E-state index contributed by atoms with van der Waals surface area (Å²) in [5.74, 6) is -1.02. The van der Waals surface area contributed by atoms with Gasteiger partial charge in [0.05, 0.1) is 11.8 Å². The number of carbonyl (C=O) groups is 1. The Morgan fingerprint density at radius 3 is 2.72 bits per heavy atom. The van der Waals surface area contributed by atoms with Crippen LogP contribution in [0, 0.1) is 0 Å². The molecule has 1 aromatic heterocycles. The van der Waals surface area contributed by atoms with E-state index in [1.807, 2.05) is 43.3 Å². The number of aliphatic hydroxyl groups excluding tert-OH is 1. The monoisotopic (exact) mass is 431 g/mol. The number of aromatic carboxylic acids is 1. The highest BCUT2D eigenvalue weighted by atomic mass is 35.5. The van der Waals surface area contributed by atoms with Crippen LogP contribution >= 0.6 is 22.9 Å². The summed E-state index contributed by atoms with van der Waals surface area (Å²) in [7, 11) is 0. The average Bonchev–Trinajstić information content (AvgIpc) is 3.21. The Hall–Kier alpha value is -2.45. The van der Waals surface area contributed by atoms with Crippen molar-refractivity contribution in [3.05, 3.63) is 69.5 Å². The van der Waals surface area contributed by atoms with Gasteiger partial charge in [0.25, 0.3) is 0 Å². The summed E-state index contributed by atoms with van der Waals surface area (Å²) in [6, 6.07) is 15.0. The lowest BCUT2D eigenvalue weighted by molar-refractivity contribution is 0.0696. The van der Waals surface area contributed by atoms with Gasteiger partial charge in [-0.2, -0.15) is 0 Å². The number of nitrogens with one attached hydrogen (secondary N) is 2. The van der Waals surface area contributed by atoms with E-state index in [1.165, 1.54) is 0 Å². The van der Waals surface area contributed by atoms with Crippen molar-refractivity contribution in [2.45, 2.75) is 19.1 Å². The molecular formula is C21H22ClN3O3S. The largest absolute Gasteiger partial charge is 0.476 e. The summed E-state index contributed by atoms with van der Waals surface area (Å²) in [5.41, 5.74) is 3.20. The number of aliphatic hydroxyl groups is 1. The topological polar surface area (TPSA) is 94.5 Å². The molecule has 0 fully saturated rings. The van der Waals surface area contributed by atoms with Gasteiger partial charge in [-0.25, -0.2) is 9.78 Å². The van der Waals surface area contributed by atoms with Crippen molar-refractivity contribution < 1.29 is 15.0 Å². The second-order valence-electron chi connectivity index (χ2n) is 6.68. The number of carboxylic acid groups (broad SMARTS) is 1. The van der Waals surface area contributed by atoms with E-state index in [2.05, 4.69) is 15.6 Å². The fourth-order valence-electron chi connectivity index (χ4n) is 2.78. The van der Waals surface area contributed by atoms with E-state index >= 15 is 0 Å². The normalized spacial score (nSPS) is 13.1. The molecule has 0 saturated heterocycles. The number of halogens is 1. The molecule has 29 heavy (non-hydrogen) atoms. The number of nitrogens with zero attached hydrogens (tertiary/aromatic N) is 1. The van der Waals surface area contributed by atoms with Crippen molar-refractivity contribution in [1.29, 1.82) is 0 Å². The summed E-state index contributed by atoms with van der Waals surface area (Å²) in [6.45, 7) is 3.10. The maximum Gasteiger partial charge on any atom is 0.365 e. The SMILES string of the molecule is C[C@H](CNc1cccc(-c2csc(C(=O)O)n2)c1)NC[C@H](O)c1cccc(Cl)c1. The van der Waals surface area contributed by atoms with Gasteiger partial charge >= 0.3 is 5.97 Å². The molecule has 0 aliphatic rings. The quantitative estimate of drug-likeness (QED) is 0.404. The molecule has 0 radical (unpaired) electrons. The Morgan fingerprint density at radius 2 is 2.00 bits per heavy atom. The van der Waals surface area contributed by atoms with Gasteiger partial charge in [-0.15, -0.1) is 11.3 Å². The molecular weight excluding hydrogens is 410 g/mol. The number of aromatic nitrogens is 1. The smallest absolute Gasteiger partial charge is 0.365 e. The summed E-state index contributed by atoms with van der Waals surface area (Å²) in [6.07, 6.45) is -0.632. The highest BCUT2D eigenvalue weighted by Crippen LogP contribution is 2.24. The summed E-state index contributed by atoms with van der Waals surface area (Å²) in [4.78, 5) is 15.2. The second kappa shape index (κ2) is 9.84. The summed E-state index contributed by atoms with van der Waals surface area (Å²) < 4.78 is 0. The van der Waals surface area contributed by atoms with Crippen LogP contribution in [0.5, 0.6) is 0 Å². The van der Waals surface area contributed by atoms with E-state index in [4.69, 9.17) is 16.7 Å². The fourth-order valence-corrected chi connectivity index (χ4v) is 3.64. The van der Waals surface area contributed by atoms with Gasteiger partial charge in [-0.05, 0) is 36.8 Å². The van der Waals surface area contributed by atoms with Gasteiger partial charge in [0.1, 0.15) is 0 Å². The van der Waals surface area contributed by atoms with Gasteiger partial charge in [0, 0.05) is 40.8 Å². The maximum absolute atomic E-state index is 11.0. The van der Waals surface area contributed by atoms with Crippen LogP contribution in [0.3, 0.4) is 0 Å². The minimum absolute atomic E-state index is 0.0782. The Balaban J connectivity index is 1.52. The first-order valence-corrected chi connectivity index (χ1v) is 10.4. The van der Waals surface area contributed by atoms with Gasteiger partial charge in [-0.3, -0.25) is 0 Å². The number of thiazole rings is 1. The molecule has 6 nitrogen and oxygen atoms in total. The molecule has 0 unspecified atom stereocenters. The van der Waals surface area contributed by atoms with E-state index in [0.29, 0.717) is 23.8 Å². The van der Waals surface area contributed by atoms with Gasteiger partial charge < -0.3 is 20.8 Å². The first-order chi connectivity index (χ1) is 13.9. The number of anilines is 1. The highest BCUT2D eigenvalue weighted by Gasteiger charge is 2.12. The Labute approximate surface area is 178 Å². The minimum atomic E-state index is -1.02. The molecule has 0 amide bonds. The van der Waals surface area contributed by atoms with E-state index in [9.17, 15) is 9.90 Å². The summed E-state index contributed by atoms with van der Waals surface area (Å²) in [5, 5.41) is 28.4. The standard InChI is InChI=1S/C21H22ClN3O3S/c1-13(23-11-19(26)15-5-2-6-16(22)8-15)10-24-17-7-3-4-14(9-17)18-12-29-20(25-18)21(27)28/h2-9,12-13,19,23-24,26H,10-11H2,1H3,(H,27,28)/t13-,19+/m1/s1. The van der Waals surface area contributed by atoms with Crippen molar-refractivity contribution in [2.24, 2.45) is 0 Å². The zero-order valence-corrected chi connectivity index (χ0v) is 17.4. The predicted molar refractivity (Wildman–Crippen MR) is 117 cm³/mol. The molecule has 0 spiro atoms.